The van der Waals surface area contributed by atoms with Gasteiger partial charge in [-0.05, 0) is 25.3 Å². The second-order valence-electron chi connectivity index (χ2n) is 5.25. The van der Waals surface area contributed by atoms with E-state index in [-0.39, 0.29) is 18.4 Å². The Hall–Kier alpha value is -1.10. The lowest BCUT2D eigenvalue weighted by molar-refractivity contribution is -0.149. The fourth-order valence-corrected chi connectivity index (χ4v) is 2.43. The van der Waals surface area contributed by atoms with E-state index in [1.54, 1.807) is 0 Å². The number of hydrogen-bond acceptors (Lipinski definition) is 3. The molecule has 5 nitrogen and oxygen atoms in total. The van der Waals surface area contributed by atoms with Gasteiger partial charge in [0.25, 0.3) is 0 Å². The van der Waals surface area contributed by atoms with Crippen LogP contribution in [0.25, 0.3) is 0 Å². The predicted molar refractivity (Wildman–Crippen MR) is 69.2 cm³/mol. The Morgan fingerprint density at radius 2 is 1.94 bits per heavy atom. The smallest absolute Gasteiger partial charge is 0.311 e. The molecule has 2 unspecified atom stereocenters. The van der Waals surface area contributed by atoms with Gasteiger partial charge < -0.3 is 15.7 Å². The molecule has 0 aromatic heterocycles. The van der Waals surface area contributed by atoms with E-state index in [0.717, 1.165) is 6.54 Å². The third-order valence-corrected chi connectivity index (χ3v) is 4.26. The molecule has 18 heavy (non-hydrogen) atoms. The zero-order valence-corrected chi connectivity index (χ0v) is 11.5. The van der Waals surface area contributed by atoms with E-state index >= 15 is 0 Å². The van der Waals surface area contributed by atoms with Gasteiger partial charge in [0.1, 0.15) is 0 Å². The van der Waals surface area contributed by atoms with Crippen LogP contribution in [0.1, 0.15) is 33.6 Å². The Bertz CT molecular complexity index is 313. The molecule has 1 heterocycles. The van der Waals surface area contributed by atoms with Crippen LogP contribution in [0, 0.1) is 17.3 Å². The normalized spacial score (nSPS) is 23.9. The third-order valence-electron chi connectivity index (χ3n) is 4.26. The lowest BCUT2D eigenvalue weighted by Gasteiger charge is -2.27. The molecule has 0 radical (unpaired) electrons. The van der Waals surface area contributed by atoms with E-state index in [0.29, 0.717) is 25.3 Å². The molecular formula is C13H24N2O3. The standard InChI is InChI=1S/C13H24N2O3/c1-4-13(5-2,12(17)18)8-15-11(16)10-7-14-6-9(10)3/h9-10,14H,4-8H2,1-3H3,(H,15,16)(H,17,18). The van der Waals surface area contributed by atoms with Crippen molar-refractivity contribution in [3.8, 4) is 0 Å². The minimum absolute atomic E-state index is 0.0278. The highest BCUT2D eigenvalue weighted by atomic mass is 16.4. The summed E-state index contributed by atoms with van der Waals surface area (Å²) in [7, 11) is 0. The van der Waals surface area contributed by atoms with Gasteiger partial charge in [0.05, 0.1) is 11.3 Å². The number of carboxylic acids is 1. The first-order valence-corrected chi connectivity index (χ1v) is 6.68. The number of nitrogens with one attached hydrogen (secondary N) is 2. The maximum Gasteiger partial charge on any atom is 0.311 e. The maximum absolute atomic E-state index is 12.0. The van der Waals surface area contributed by atoms with E-state index in [9.17, 15) is 14.7 Å². The van der Waals surface area contributed by atoms with Crippen LogP contribution in [0.3, 0.4) is 0 Å². The number of carbonyl (C=O) groups excluding carboxylic acids is 1. The second-order valence-corrected chi connectivity index (χ2v) is 5.25. The number of hydrogen-bond donors (Lipinski definition) is 3. The molecule has 1 aliphatic heterocycles. The third kappa shape index (κ3) is 3.02. The van der Waals surface area contributed by atoms with Gasteiger partial charge >= 0.3 is 5.97 Å². The van der Waals surface area contributed by atoms with Gasteiger partial charge in [0.2, 0.25) is 5.91 Å². The fraction of sp³-hybridized carbons (Fsp3) is 0.846. The van der Waals surface area contributed by atoms with Crippen molar-refractivity contribution in [2.45, 2.75) is 33.6 Å². The molecular weight excluding hydrogens is 232 g/mol. The lowest BCUT2D eigenvalue weighted by atomic mass is 9.82. The first-order valence-electron chi connectivity index (χ1n) is 6.68. The fourth-order valence-electron chi connectivity index (χ4n) is 2.43. The SMILES string of the molecule is CCC(CC)(CNC(=O)C1CNCC1C)C(=O)O. The molecule has 1 rings (SSSR count). The number of carbonyl (C=O) groups is 2. The van der Waals surface area contributed by atoms with Crippen LogP contribution in [-0.2, 0) is 9.59 Å². The average molecular weight is 256 g/mol. The van der Waals surface area contributed by atoms with Gasteiger partial charge in [-0.2, -0.15) is 0 Å². The van der Waals surface area contributed by atoms with Crippen LogP contribution < -0.4 is 10.6 Å². The Labute approximate surface area is 108 Å². The molecule has 2 atom stereocenters. The van der Waals surface area contributed by atoms with Crippen molar-refractivity contribution in [3.05, 3.63) is 0 Å². The summed E-state index contributed by atoms with van der Waals surface area (Å²) in [5.74, 6) is -0.580. The van der Waals surface area contributed by atoms with Crippen LogP contribution in [-0.4, -0.2) is 36.6 Å². The summed E-state index contributed by atoms with van der Waals surface area (Å²) >= 11 is 0. The first-order chi connectivity index (χ1) is 8.46. The average Bonchev–Trinajstić information content (AvgIpc) is 2.77. The van der Waals surface area contributed by atoms with Crippen LogP contribution >= 0.6 is 0 Å². The summed E-state index contributed by atoms with van der Waals surface area (Å²) in [5, 5.41) is 15.3. The van der Waals surface area contributed by atoms with Gasteiger partial charge in [-0.25, -0.2) is 0 Å². The Morgan fingerprint density at radius 3 is 2.33 bits per heavy atom. The van der Waals surface area contributed by atoms with Crippen LogP contribution in [0.4, 0.5) is 0 Å². The molecule has 0 spiro atoms. The van der Waals surface area contributed by atoms with Crippen LogP contribution in [0.15, 0.2) is 0 Å². The van der Waals surface area contributed by atoms with Gasteiger partial charge in [-0.3, -0.25) is 9.59 Å². The molecule has 0 saturated carbocycles. The van der Waals surface area contributed by atoms with E-state index in [1.807, 2.05) is 20.8 Å². The summed E-state index contributed by atoms with van der Waals surface area (Å²) in [5.41, 5.74) is -0.828. The summed E-state index contributed by atoms with van der Waals surface area (Å²) in [4.78, 5) is 23.3. The van der Waals surface area contributed by atoms with Crippen molar-refractivity contribution in [2.75, 3.05) is 19.6 Å². The monoisotopic (exact) mass is 256 g/mol. The highest BCUT2D eigenvalue weighted by Gasteiger charge is 2.37. The van der Waals surface area contributed by atoms with Crippen molar-refractivity contribution in [1.29, 1.82) is 0 Å². The van der Waals surface area contributed by atoms with Crippen molar-refractivity contribution in [2.24, 2.45) is 17.3 Å². The minimum Gasteiger partial charge on any atom is -0.481 e. The molecule has 5 heteroatoms. The van der Waals surface area contributed by atoms with E-state index in [2.05, 4.69) is 10.6 Å². The molecule has 0 aromatic rings. The molecule has 1 saturated heterocycles. The van der Waals surface area contributed by atoms with Crippen molar-refractivity contribution in [1.82, 2.24) is 10.6 Å². The summed E-state index contributed by atoms with van der Waals surface area (Å²) < 4.78 is 0. The summed E-state index contributed by atoms with van der Waals surface area (Å²) in [6, 6.07) is 0. The molecule has 1 aliphatic rings. The van der Waals surface area contributed by atoms with Gasteiger partial charge in [0, 0.05) is 13.1 Å². The van der Waals surface area contributed by atoms with Crippen LogP contribution in [0.5, 0.6) is 0 Å². The van der Waals surface area contributed by atoms with Gasteiger partial charge in [-0.15, -0.1) is 0 Å². The van der Waals surface area contributed by atoms with E-state index in [1.165, 1.54) is 0 Å². The van der Waals surface area contributed by atoms with E-state index in [4.69, 9.17) is 0 Å². The molecule has 1 fully saturated rings. The zero-order valence-electron chi connectivity index (χ0n) is 11.5. The first kappa shape index (κ1) is 15.0. The largest absolute Gasteiger partial charge is 0.481 e. The molecule has 3 N–H and O–H groups in total. The molecule has 104 valence electrons. The summed E-state index contributed by atoms with van der Waals surface area (Å²) in [6.07, 6.45) is 1.05. The van der Waals surface area contributed by atoms with E-state index < -0.39 is 11.4 Å². The van der Waals surface area contributed by atoms with Crippen LogP contribution in [0.2, 0.25) is 0 Å². The summed E-state index contributed by atoms with van der Waals surface area (Å²) in [6.45, 7) is 7.49. The topological polar surface area (TPSA) is 78.4 Å². The molecule has 1 amide bonds. The Kier molecular flexibility index (Phi) is 5.14. The Balaban J connectivity index is 2.57. The number of carboxylic acid groups (broad SMARTS) is 1. The van der Waals surface area contributed by atoms with Crippen molar-refractivity contribution < 1.29 is 14.7 Å². The number of amides is 1. The second kappa shape index (κ2) is 6.18. The maximum atomic E-state index is 12.0. The highest BCUT2D eigenvalue weighted by molar-refractivity contribution is 5.81. The lowest BCUT2D eigenvalue weighted by Crippen LogP contribution is -2.45. The quantitative estimate of drug-likeness (QED) is 0.658. The molecule has 0 aliphatic carbocycles. The van der Waals surface area contributed by atoms with Gasteiger partial charge in [-0.1, -0.05) is 20.8 Å². The Morgan fingerprint density at radius 1 is 1.33 bits per heavy atom. The van der Waals surface area contributed by atoms with Crippen molar-refractivity contribution in [3.63, 3.8) is 0 Å². The number of aliphatic carboxylic acids is 1. The molecule has 0 aromatic carbocycles. The zero-order chi connectivity index (χ0) is 13.8. The van der Waals surface area contributed by atoms with Gasteiger partial charge in [0.15, 0.2) is 0 Å². The molecule has 0 bridgehead atoms. The number of rotatable bonds is 6. The minimum atomic E-state index is -0.828. The predicted octanol–water partition coefficient (Wildman–Crippen LogP) is 0.849. The van der Waals surface area contributed by atoms with Crippen molar-refractivity contribution >= 4 is 11.9 Å². The highest BCUT2D eigenvalue weighted by Crippen LogP contribution is 2.26.